The molecule has 2 N–H and O–H groups in total. The maximum absolute atomic E-state index is 14.5. The van der Waals surface area contributed by atoms with E-state index in [1.807, 2.05) is 45.9 Å². The molecule has 1 aromatic carbocycles. The first-order chi connectivity index (χ1) is 16.6. The lowest BCUT2D eigenvalue weighted by atomic mass is 9.70. The molecule has 2 amide bonds. The highest BCUT2D eigenvalue weighted by Gasteiger charge is 2.75. The van der Waals surface area contributed by atoms with Crippen LogP contribution in [0.5, 0.6) is 0 Å². The Balaban J connectivity index is 1.88. The smallest absolute Gasteiger partial charge is 0.310 e. The van der Waals surface area contributed by atoms with Crippen LogP contribution in [0.2, 0.25) is 0 Å². The topological polar surface area (TPSA) is 107 Å². The van der Waals surface area contributed by atoms with Gasteiger partial charge in [-0.3, -0.25) is 14.4 Å². The number of hydrogen-bond acceptors (Lipinski definition) is 5. The van der Waals surface area contributed by atoms with Gasteiger partial charge in [0.2, 0.25) is 5.91 Å². The fraction of sp³-hybridized carbons (Fsp3) is 0.593. The highest BCUT2D eigenvalue weighted by molar-refractivity contribution is 6.05. The predicted molar refractivity (Wildman–Crippen MR) is 131 cm³/mol. The number of amides is 2. The SMILES string of the molecule is C=CCN(C(=O)[C@H]1N([C@@H](CO)[C@@H](C)CC)C(=O)[C@@H]2[C@@H](C(=O)O)[C@H]3CC[C@]21O3)c1c(C)cccc1C. The monoisotopic (exact) mass is 484 g/mol. The molecule has 2 bridgehead atoms. The zero-order valence-electron chi connectivity index (χ0n) is 20.9. The number of likely N-dealkylation sites (tertiary alicyclic amines) is 1. The summed E-state index contributed by atoms with van der Waals surface area (Å²) >= 11 is 0. The molecule has 3 aliphatic rings. The van der Waals surface area contributed by atoms with Crippen LogP contribution in [0.4, 0.5) is 5.69 Å². The number of anilines is 1. The number of aliphatic hydroxyl groups excluding tert-OH is 1. The van der Waals surface area contributed by atoms with Gasteiger partial charge in [-0.25, -0.2) is 0 Å². The number of aryl methyl sites for hydroxylation is 2. The molecule has 1 aromatic rings. The zero-order chi connectivity index (χ0) is 25.7. The summed E-state index contributed by atoms with van der Waals surface area (Å²) < 4.78 is 6.33. The highest BCUT2D eigenvalue weighted by atomic mass is 16.5. The molecule has 190 valence electrons. The summed E-state index contributed by atoms with van der Waals surface area (Å²) in [7, 11) is 0. The fourth-order valence-electron chi connectivity index (χ4n) is 6.62. The van der Waals surface area contributed by atoms with Gasteiger partial charge >= 0.3 is 5.97 Å². The minimum absolute atomic E-state index is 0.0944. The molecular weight excluding hydrogens is 448 g/mol. The molecule has 4 rings (SSSR count). The van der Waals surface area contributed by atoms with Crippen LogP contribution < -0.4 is 4.90 Å². The third kappa shape index (κ3) is 3.69. The number of carboxylic acids is 1. The van der Waals surface area contributed by atoms with Gasteiger partial charge in [-0.1, -0.05) is 44.5 Å². The van der Waals surface area contributed by atoms with Gasteiger partial charge in [0.05, 0.1) is 30.6 Å². The number of fused-ring (bicyclic) bond motifs is 1. The summed E-state index contributed by atoms with van der Waals surface area (Å²) in [6.45, 7) is 11.5. The van der Waals surface area contributed by atoms with Crippen LogP contribution in [0.3, 0.4) is 0 Å². The fourth-order valence-corrected chi connectivity index (χ4v) is 6.62. The zero-order valence-corrected chi connectivity index (χ0v) is 20.9. The predicted octanol–water partition coefficient (Wildman–Crippen LogP) is 2.69. The van der Waals surface area contributed by atoms with Crippen molar-refractivity contribution >= 4 is 23.5 Å². The van der Waals surface area contributed by atoms with E-state index in [9.17, 15) is 24.6 Å². The van der Waals surface area contributed by atoms with E-state index < -0.39 is 47.5 Å². The van der Waals surface area contributed by atoms with Crippen molar-refractivity contribution in [3.8, 4) is 0 Å². The number of aliphatic carboxylic acids is 1. The summed E-state index contributed by atoms with van der Waals surface area (Å²) in [5, 5.41) is 20.4. The standard InChI is InChI=1S/C27H36N2O6/c1-6-13-28(22-16(4)9-8-10-17(22)5)25(32)23-27-12-11-19(35-27)20(26(33)34)21(27)24(31)29(23)18(14-30)15(3)7-2/h6,8-10,15,18-21,23,30H,1,7,11-14H2,2-5H3,(H,33,34)/t15-,18-,19+,20-,21-,23+,27-/m0/s1. The maximum atomic E-state index is 14.5. The molecule has 3 heterocycles. The van der Waals surface area contributed by atoms with E-state index in [0.717, 1.165) is 16.8 Å². The lowest BCUT2D eigenvalue weighted by Gasteiger charge is -2.41. The van der Waals surface area contributed by atoms with E-state index in [1.54, 1.807) is 11.0 Å². The number of ether oxygens (including phenoxy) is 1. The van der Waals surface area contributed by atoms with Gasteiger partial charge in [-0.2, -0.15) is 0 Å². The summed E-state index contributed by atoms with van der Waals surface area (Å²) in [6, 6.07) is 4.13. The average Bonchev–Trinajstić information content (AvgIpc) is 3.46. The number of aliphatic hydroxyl groups is 1. The lowest BCUT2D eigenvalue weighted by molar-refractivity contribution is -0.151. The molecule has 3 fully saturated rings. The lowest BCUT2D eigenvalue weighted by Crippen LogP contribution is -2.60. The molecule has 3 aliphatic heterocycles. The summed E-state index contributed by atoms with van der Waals surface area (Å²) in [5.41, 5.74) is 1.34. The largest absolute Gasteiger partial charge is 0.481 e. The normalized spacial score (nSPS) is 30.8. The van der Waals surface area contributed by atoms with Gasteiger partial charge in [-0.05, 0) is 43.7 Å². The molecule has 35 heavy (non-hydrogen) atoms. The first-order valence-corrected chi connectivity index (χ1v) is 12.5. The van der Waals surface area contributed by atoms with Gasteiger partial charge in [0.25, 0.3) is 5.91 Å². The van der Waals surface area contributed by atoms with Crippen LogP contribution >= 0.6 is 0 Å². The van der Waals surface area contributed by atoms with E-state index in [1.165, 1.54) is 4.90 Å². The number of carbonyl (C=O) groups is 3. The number of carbonyl (C=O) groups excluding carboxylic acids is 2. The first kappa shape index (κ1) is 25.4. The van der Waals surface area contributed by atoms with Gasteiger partial charge in [0.1, 0.15) is 11.6 Å². The van der Waals surface area contributed by atoms with Gasteiger partial charge in [0.15, 0.2) is 0 Å². The third-order valence-electron chi connectivity index (χ3n) is 8.39. The number of nitrogens with zero attached hydrogens (tertiary/aromatic N) is 2. The Labute approximate surface area is 206 Å². The Hall–Kier alpha value is -2.71. The third-order valence-corrected chi connectivity index (χ3v) is 8.39. The Kier molecular flexibility index (Phi) is 6.81. The number of benzene rings is 1. The summed E-state index contributed by atoms with van der Waals surface area (Å²) in [4.78, 5) is 43.8. The van der Waals surface area contributed by atoms with Crippen molar-refractivity contribution in [3.05, 3.63) is 42.0 Å². The second-order valence-electron chi connectivity index (χ2n) is 10.3. The first-order valence-electron chi connectivity index (χ1n) is 12.5. The Bertz CT molecular complexity index is 1020. The minimum atomic E-state index is -1.22. The van der Waals surface area contributed by atoms with Crippen molar-refractivity contribution in [3.63, 3.8) is 0 Å². The van der Waals surface area contributed by atoms with Crippen molar-refractivity contribution in [2.45, 2.75) is 70.7 Å². The second-order valence-corrected chi connectivity index (χ2v) is 10.3. The van der Waals surface area contributed by atoms with Crippen LogP contribution in [-0.4, -0.2) is 69.8 Å². The highest BCUT2D eigenvalue weighted by Crippen LogP contribution is 2.59. The van der Waals surface area contributed by atoms with Crippen LogP contribution in [-0.2, 0) is 19.1 Å². The number of carboxylic acid groups (broad SMARTS) is 1. The van der Waals surface area contributed by atoms with Crippen molar-refractivity contribution in [1.29, 1.82) is 0 Å². The maximum Gasteiger partial charge on any atom is 0.310 e. The Morgan fingerprint density at radius 1 is 1.34 bits per heavy atom. The van der Waals surface area contributed by atoms with Crippen molar-refractivity contribution in [2.75, 3.05) is 18.1 Å². The molecule has 1 spiro atoms. The van der Waals surface area contributed by atoms with E-state index in [-0.39, 0.29) is 25.0 Å². The van der Waals surface area contributed by atoms with Crippen LogP contribution in [0.25, 0.3) is 0 Å². The summed E-state index contributed by atoms with van der Waals surface area (Å²) in [5.74, 6) is -3.85. The van der Waals surface area contributed by atoms with Gasteiger partial charge in [0, 0.05) is 12.2 Å². The van der Waals surface area contributed by atoms with E-state index >= 15 is 0 Å². The van der Waals surface area contributed by atoms with E-state index in [2.05, 4.69) is 6.58 Å². The van der Waals surface area contributed by atoms with Crippen LogP contribution in [0.15, 0.2) is 30.9 Å². The summed E-state index contributed by atoms with van der Waals surface area (Å²) in [6.07, 6.45) is 2.65. The Morgan fingerprint density at radius 2 is 2.00 bits per heavy atom. The molecule has 8 nitrogen and oxygen atoms in total. The van der Waals surface area contributed by atoms with Crippen molar-refractivity contribution in [1.82, 2.24) is 4.90 Å². The molecular formula is C27H36N2O6. The molecule has 3 saturated heterocycles. The van der Waals surface area contributed by atoms with Crippen molar-refractivity contribution in [2.24, 2.45) is 17.8 Å². The minimum Gasteiger partial charge on any atom is -0.481 e. The molecule has 0 radical (unpaired) electrons. The van der Waals surface area contributed by atoms with E-state index in [4.69, 9.17) is 4.74 Å². The number of para-hydroxylation sites is 1. The van der Waals surface area contributed by atoms with Gasteiger partial charge < -0.3 is 24.7 Å². The van der Waals surface area contributed by atoms with Crippen LogP contribution in [0.1, 0.15) is 44.2 Å². The van der Waals surface area contributed by atoms with Crippen LogP contribution in [0, 0.1) is 31.6 Å². The molecule has 0 aromatic heterocycles. The quantitative estimate of drug-likeness (QED) is 0.522. The Morgan fingerprint density at radius 3 is 2.54 bits per heavy atom. The molecule has 8 heteroatoms. The average molecular weight is 485 g/mol. The number of rotatable bonds is 9. The van der Waals surface area contributed by atoms with Crippen molar-refractivity contribution < 1.29 is 29.3 Å². The van der Waals surface area contributed by atoms with Gasteiger partial charge in [-0.15, -0.1) is 6.58 Å². The molecule has 7 atom stereocenters. The molecule has 0 unspecified atom stereocenters. The molecule has 0 saturated carbocycles. The second kappa shape index (κ2) is 9.39. The molecule has 0 aliphatic carbocycles. The van der Waals surface area contributed by atoms with E-state index in [0.29, 0.717) is 19.3 Å². The number of hydrogen-bond donors (Lipinski definition) is 2.